The largest absolute Gasteiger partial charge is 0.476 e. The van der Waals surface area contributed by atoms with Crippen LogP contribution in [0.25, 0.3) is 11.0 Å². The van der Waals surface area contributed by atoms with E-state index in [-0.39, 0.29) is 11.5 Å². The summed E-state index contributed by atoms with van der Waals surface area (Å²) >= 11 is 0. The highest BCUT2D eigenvalue weighted by Crippen LogP contribution is 2.24. The molecule has 2 aromatic heterocycles. The highest BCUT2D eigenvalue weighted by molar-refractivity contribution is 5.79. The molecule has 1 aromatic carbocycles. The van der Waals surface area contributed by atoms with E-state index >= 15 is 0 Å². The van der Waals surface area contributed by atoms with Crippen LogP contribution in [0.3, 0.4) is 0 Å². The number of hydrogen-bond donors (Lipinski definition) is 0. The van der Waals surface area contributed by atoms with Crippen molar-refractivity contribution in [3.05, 3.63) is 51.7 Å². The fraction of sp³-hybridized carbons (Fsp3) is 0.538. The predicted molar refractivity (Wildman–Crippen MR) is 132 cm³/mol. The Balaban J connectivity index is 1.67. The quantitative estimate of drug-likeness (QED) is 0.393. The van der Waals surface area contributed by atoms with Gasteiger partial charge in [-0.1, -0.05) is 32.4 Å². The molecule has 2 heterocycles. The Kier molecular flexibility index (Phi) is 8.12. The number of carbonyl (C=O) groups is 1. The van der Waals surface area contributed by atoms with Gasteiger partial charge in [-0.15, -0.1) is 0 Å². The third kappa shape index (κ3) is 5.32. The van der Waals surface area contributed by atoms with Crippen LogP contribution in [0.15, 0.2) is 29.1 Å². The van der Waals surface area contributed by atoms with E-state index in [1.807, 2.05) is 38.1 Å². The summed E-state index contributed by atoms with van der Waals surface area (Å²) in [5.41, 5.74) is 2.26. The molecule has 34 heavy (non-hydrogen) atoms. The number of benzene rings is 1. The maximum absolute atomic E-state index is 13.1. The van der Waals surface area contributed by atoms with Crippen LogP contribution >= 0.6 is 0 Å². The van der Waals surface area contributed by atoms with E-state index in [1.165, 1.54) is 0 Å². The van der Waals surface area contributed by atoms with Gasteiger partial charge in [-0.2, -0.15) is 5.10 Å². The summed E-state index contributed by atoms with van der Waals surface area (Å²) in [5, 5.41) is 4.51. The first-order chi connectivity index (χ1) is 16.2. The molecule has 1 unspecified atom stereocenters. The molecular formula is C26H36N4O4. The van der Waals surface area contributed by atoms with Crippen LogP contribution < -0.4 is 10.3 Å². The molecule has 0 aliphatic heterocycles. The van der Waals surface area contributed by atoms with Crippen LogP contribution in [0.4, 0.5) is 0 Å². The number of carbonyl (C=O) groups excluding carboxylic acids is 1. The molecule has 1 atom stereocenters. The van der Waals surface area contributed by atoms with Crippen LogP contribution in [0.5, 0.6) is 5.75 Å². The Morgan fingerprint density at radius 2 is 1.82 bits per heavy atom. The number of esters is 1. The smallest absolute Gasteiger partial charge is 0.350 e. The van der Waals surface area contributed by atoms with Crippen LogP contribution in [-0.4, -0.2) is 37.5 Å². The van der Waals surface area contributed by atoms with Crippen LogP contribution in [-0.2, 0) is 36.0 Å². The molecule has 0 N–H and O–H groups in total. The van der Waals surface area contributed by atoms with Gasteiger partial charge in [-0.3, -0.25) is 14.0 Å². The molecule has 0 spiro atoms. The maximum Gasteiger partial charge on any atom is 0.350 e. The van der Waals surface area contributed by atoms with Crippen molar-refractivity contribution < 1.29 is 14.3 Å². The average molecular weight is 469 g/mol. The number of aromatic nitrogens is 4. The van der Waals surface area contributed by atoms with Gasteiger partial charge in [0, 0.05) is 13.6 Å². The third-order valence-electron chi connectivity index (χ3n) is 6.19. The lowest BCUT2D eigenvalue weighted by Gasteiger charge is -2.27. The molecule has 0 radical (unpaired) electrons. The fourth-order valence-electron chi connectivity index (χ4n) is 4.06. The van der Waals surface area contributed by atoms with Crippen LogP contribution in [0.2, 0.25) is 0 Å². The Morgan fingerprint density at radius 3 is 2.44 bits per heavy atom. The van der Waals surface area contributed by atoms with Crippen molar-refractivity contribution in [2.45, 2.75) is 78.9 Å². The van der Waals surface area contributed by atoms with E-state index in [2.05, 4.69) is 12.0 Å². The molecule has 8 nitrogen and oxygen atoms in total. The molecule has 0 aliphatic rings. The minimum Gasteiger partial charge on any atom is -0.476 e. The molecule has 0 aliphatic carbocycles. The first-order valence-corrected chi connectivity index (χ1v) is 12.1. The molecule has 0 saturated heterocycles. The molecule has 8 heteroatoms. The number of rotatable bonds is 11. The zero-order chi connectivity index (χ0) is 24.9. The van der Waals surface area contributed by atoms with E-state index < -0.39 is 5.60 Å². The maximum atomic E-state index is 13.1. The third-order valence-corrected chi connectivity index (χ3v) is 6.19. The highest BCUT2D eigenvalue weighted by Gasteiger charge is 2.35. The monoisotopic (exact) mass is 468 g/mol. The van der Waals surface area contributed by atoms with Crippen molar-refractivity contribution in [2.24, 2.45) is 7.05 Å². The molecule has 0 bridgehead atoms. The standard InChI is InChI=1S/C26H36N4O4/c1-7-11-21-22-23(29(6)28-21)24(31)30(18(4)27-22)17-10-12-19-13-15-20(16-14-19)34-26(5,8-2)25(32)33-9-3/h13-16H,7-12,17H2,1-6H3. The van der Waals surface area contributed by atoms with Crippen molar-refractivity contribution in [3.63, 3.8) is 0 Å². The van der Waals surface area contributed by atoms with Crippen molar-refractivity contribution in [1.29, 1.82) is 0 Å². The lowest BCUT2D eigenvalue weighted by molar-refractivity contribution is -0.160. The van der Waals surface area contributed by atoms with Gasteiger partial charge in [0.25, 0.3) is 5.56 Å². The lowest BCUT2D eigenvalue weighted by Crippen LogP contribution is -2.42. The SMILES string of the molecule is CCCc1nn(C)c2c(=O)n(CCCc3ccc(OC(C)(CC)C(=O)OCC)cc3)c(C)nc12. The molecule has 0 saturated carbocycles. The van der Waals surface area contributed by atoms with E-state index in [0.29, 0.717) is 36.7 Å². The second-order valence-corrected chi connectivity index (χ2v) is 8.79. The molecule has 0 fully saturated rings. The van der Waals surface area contributed by atoms with Gasteiger partial charge in [0.15, 0.2) is 5.52 Å². The first-order valence-electron chi connectivity index (χ1n) is 12.1. The number of nitrogens with zero attached hydrogens (tertiary/aromatic N) is 4. The zero-order valence-electron chi connectivity index (χ0n) is 21.2. The Hall–Kier alpha value is -3.16. The Labute approximate surface area is 200 Å². The average Bonchev–Trinajstić information content (AvgIpc) is 3.12. The van der Waals surface area contributed by atoms with Gasteiger partial charge in [0.2, 0.25) is 5.60 Å². The lowest BCUT2D eigenvalue weighted by atomic mass is 10.0. The van der Waals surface area contributed by atoms with Crippen molar-refractivity contribution in [2.75, 3.05) is 6.61 Å². The Morgan fingerprint density at radius 1 is 1.12 bits per heavy atom. The van der Waals surface area contributed by atoms with E-state index in [9.17, 15) is 9.59 Å². The fourth-order valence-corrected chi connectivity index (χ4v) is 4.06. The van der Waals surface area contributed by atoms with Gasteiger partial charge in [0.05, 0.1) is 12.3 Å². The van der Waals surface area contributed by atoms with Gasteiger partial charge in [0.1, 0.15) is 17.1 Å². The first kappa shape index (κ1) is 25.5. The number of ether oxygens (including phenoxy) is 2. The Bertz CT molecular complexity index is 1200. The number of hydrogen-bond acceptors (Lipinski definition) is 6. The summed E-state index contributed by atoms with van der Waals surface area (Å²) in [6, 6.07) is 7.73. The second-order valence-electron chi connectivity index (χ2n) is 8.79. The number of aryl methyl sites for hydroxylation is 4. The molecular weight excluding hydrogens is 432 g/mol. The van der Waals surface area contributed by atoms with Crippen molar-refractivity contribution in [1.82, 2.24) is 19.3 Å². The summed E-state index contributed by atoms with van der Waals surface area (Å²) < 4.78 is 14.5. The highest BCUT2D eigenvalue weighted by atomic mass is 16.6. The zero-order valence-corrected chi connectivity index (χ0v) is 21.2. The molecule has 0 amide bonds. The second kappa shape index (κ2) is 10.8. The predicted octanol–water partition coefficient (Wildman–Crippen LogP) is 4.13. The summed E-state index contributed by atoms with van der Waals surface area (Å²) in [7, 11) is 1.80. The van der Waals surface area contributed by atoms with E-state index in [0.717, 1.165) is 42.5 Å². The molecule has 3 rings (SSSR count). The topological polar surface area (TPSA) is 88.2 Å². The van der Waals surface area contributed by atoms with Gasteiger partial charge in [-0.05, 0) is 64.2 Å². The summed E-state index contributed by atoms with van der Waals surface area (Å²) in [4.78, 5) is 30.1. The summed E-state index contributed by atoms with van der Waals surface area (Å²) in [6.45, 7) is 10.3. The van der Waals surface area contributed by atoms with Crippen molar-refractivity contribution >= 4 is 17.0 Å². The van der Waals surface area contributed by atoms with Crippen molar-refractivity contribution in [3.8, 4) is 5.75 Å². The van der Waals surface area contributed by atoms with E-state index in [4.69, 9.17) is 14.5 Å². The van der Waals surface area contributed by atoms with E-state index in [1.54, 1.807) is 30.1 Å². The molecule has 3 aromatic rings. The van der Waals surface area contributed by atoms with Gasteiger partial charge in [-0.25, -0.2) is 9.78 Å². The minimum absolute atomic E-state index is 0.0404. The van der Waals surface area contributed by atoms with Gasteiger partial charge < -0.3 is 9.47 Å². The summed E-state index contributed by atoms with van der Waals surface area (Å²) in [6.07, 6.45) is 3.88. The van der Waals surface area contributed by atoms with Crippen LogP contribution in [0, 0.1) is 6.92 Å². The van der Waals surface area contributed by atoms with Crippen LogP contribution in [0.1, 0.15) is 64.0 Å². The normalized spacial score (nSPS) is 13.1. The number of fused-ring (bicyclic) bond motifs is 1. The minimum atomic E-state index is -1.01. The van der Waals surface area contributed by atoms with Gasteiger partial charge >= 0.3 is 5.97 Å². The summed E-state index contributed by atoms with van der Waals surface area (Å²) in [5.74, 6) is 0.981. The molecule has 184 valence electrons.